The summed E-state index contributed by atoms with van der Waals surface area (Å²) in [5.74, 6) is 1.84. The van der Waals surface area contributed by atoms with Crippen molar-refractivity contribution in [3.8, 4) is 0 Å². The minimum atomic E-state index is -0.227. The maximum absolute atomic E-state index is 12.9. The number of likely N-dealkylation sites (tertiary alicyclic amines) is 1. The van der Waals surface area contributed by atoms with Crippen molar-refractivity contribution in [3.63, 3.8) is 0 Å². The second kappa shape index (κ2) is 7.33. The Morgan fingerprint density at radius 3 is 2.75 bits per heavy atom. The number of amides is 1. The van der Waals surface area contributed by atoms with Crippen molar-refractivity contribution in [2.75, 3.05) is 31.6 Å². The minimum absolute atomic E-state index is 0.115. The Kier molecular flexibility index (Phi) is 4.87. The Morgan fingerprint density at radius 1 is 1.14 bits per heavy atom. The Balaban J connectivity index is 1.58. The molecule has 28 heavy (non-hydrogen) atoms. The first-order valence-corrected chi connectivity index (χ1v) is 9.86. The number of anilines is 1. The Morgan fingerprint density at radius 2 is 1.96 bits per heavy atom. The lowest BCUT2D eigenvalue weighted by atomic mass is 9.96. The summed E-state index contributed by atoms with van der Waals surface area (Å²) in [5, 5.41) is 4.10. The third-order valence-electron chi connectivity index (χ3n) is 5.74. The molecule has 0 aromatic carbocycles. The van der Waals surface area contributed by atoms with E-state index in [0.717, 1.165) is 49.6 Å². The number of aromatic nitrogens is 4. The van der Waals surface area contributed by atoms with E-state index in [1.54, 1.807) is 7.05 Å². The average molecular weight is 382 g/mol. The number of rotatable bonds is 2. The summed E-state index contributed by atoms with van der Waals surface area (Å²) in [6.45, 7) is 4.33. The number of hydrogen-bond acceptors (Lipinski definition) is 6. The molecule has 1 atom stereocenters. The van der Waals surface area contributed by atoms with E-state index in [1.165, 1.54) is 22.4 Å². The van der Waals surface area contributed by atoms with Crippen LogP contribution in [0.3, 0.4) is 0 Å². The van der Waals surface area contributed by atoms with Crippen LogP contribution in [0.5, 0.6) is 0 Å². The van der Waals surface area contributed by atoms with Crippen molar-refractivity contribution in [2.45, 2.75) is 38.5 Å². The Bertz CT molecular complexity index is 970. The van der Waals surface area contributed by atoms with Crippen molar-refractivity contribution in [3.05, 3.63) is 45.3 Å². The highest BCUT2D eigenvalue weighted by atomic mass is 16.2. The summed E-state index contributed by atoms with van der Waals surface area (Å²) in [7, 11) is 3.63. The van der Waals surface area contributed by atoms with Crippen molar-refractivity contribution >= 4 is 11.7 Å². The summed E-state index contributed by atoms with van der Waals surface area (Å²) in [6.07, 6.45) is 4.02. The topological polar surface area (TPSA) is 84.2 Å². The van der Waals surface area contributed by atoms with Crippen LogP contribution in [0.2, 0.25) is 0 Å². The summed E-state index contributed by atoms with van der Waals surface area (Å²) in [4.78, 5) is 38.1. The third kappa shape index (κ3) is 3.39. The Hall–Kier alpha value is -2.77. The lowest BCUT2D eigenvalue weighted by molar-refractivity contribution is 0.0696. The zero-order valence-electron chi connectivity index (χ0n) is 16.7. The van der Waals surface area contributed by atoms with Crippen molar-refractivity contribution < 1.29 is 4.79 Å². The molecular weight excluding hydrogens is 356 g/mol. The van der Waals surface area contributed by atoms with Gasteiger partial charge in [-0.2, -0.15) is 5.10 Å². The van der Waals surface area contributed by atoms with Gasteiger partial charge < -0.3 is 9.80 Å². The van der Waals surface area contributed by atoms with Gasteiger partial charge in [-0.1, -0.05) is 0 Å². The zero-order chi connectivity index (χ0) is 19.8. The van der Waals surface area contributed by atoms with Gasteiger partial charge in [-0.3, -0.25) is 9.59 Å². The molecule has 0 saturated carbocycles. The lowest BCUT2D eigenvalue weighted by Gasteiger charge is -2.33. The summed E-state index contributed by atoms with van der Waals surface area (Å²) in [6, 6.07) is 2.89. The molecule has 0 unspecified atom stereocenters. The highest BCUT2D eigenvalue weighted by Gasteiger charge is 2.30. The number of nitrogens with zero attached hydrogens (tertiary/aromatic N) is 6. The van der Waals surface area contributed by atoms with Gasteiger partial charge in [0.2, 0.25) is 0 Å². The number of fused-ring (bicyclic) bond motifs is 1. The fraction of sp³-hybridized carbons (Fsp3) is 0.550. The van der Waals surface area contributed by atoms with E-state index in [0.29, 0.717) is 18.8 Å². The number of piperidine rings is 1. The van der Waals surface area contributed by atoms with E-state index in [9.17, 15) is 9.59 Å². The minimum Gasteiger partial charge on any atom is -0.359 e. The van der Waals surface area contributed by atoms with Crippen LogP contribution in [0.25, 0.3) is 0 Å². The smallest absolute Gasteiger partial charge is 0.274 e. The van der Waals surface area contributed by atoms with Gasteiger partial charge in [0.05, 0.1) is 0 Å². The molecule has 1 amide bonds. The van der Waals surface area contributed by atoms with Crippen molar-refractivity contribution in [2.24, 2.45) is 7.05 Å². The molecule has 0 bridgehead atoms. The molecule has 8 nitrogen and oxygen atoms in total. The van der Waals surface area contributed by atoms with E-state index < -0.39 is 0 Å². The van der Waals surface area contributed by atoms with Crippen LogP contribution < -0.4 is 10.5 Å². The third-order valence-corrected chi connectivity index (χ3v) is 5.74. The van der Waals surface area contributed by atoms with Crippen LogP contribution in [-0.4, -0.2) is 57.2 Å². The number of carbonyl (C=O) groups excluding carboxylic acids is 1. The number of hydrogen-bond donors (Lipinski definition) is 0. The van der Waals surface area contributed by atoms with Gasteiger partial charge >= 0.3 is 0 Å². The molecule has 2 aliphatic rings. The average Bonchev–Trinajstić information content (AvgIpc) is 2.70. The second-order valence-corrected chi connectivity index (χ2v) is 7.77. The van der Waals surface area contributed by atoms with Gasteiger partial charge in [0.1, 0.15) is 17.3 Å². The monoisotopic (exact) mass is 382 g/mol. The van der Waals surface area contributed by atoms with Gasteiger partial charge in [0.15, 0.2) is 0 Å². The molecular formula is C20H26N6O2. The second-order valence-electron chi connectivity index (χ2n) is 7.77. The predicted octanol–water partition coefficient (Wildman–Crippen LogP) is 1.28. The maximum atomic E-state index is 12.9. The highest BCUT2D eigenvalue weighted by molar-refractivity contribution is 5.92. The molecule has 1 saturated heterocycles. The molecule has 1 fully saturated rings. The standard InChI is InChI=1S/C20H26N6O2/c1-13-15-7-5-10-24(2)19(15)22-18(21-13)14-6-4-11-26(12-14)20(28)16-8-9-17(27)25(3)23-16/h8-9,14H,4-7,10-12H2,1-3H3/t14-/m0/s1. The first-order valence-electron chi connectivity index (χ1n) is 9.86. The van der Waals surface area contributed by atoms with Gasteiger partial charge in [0.25, 0.3) is 11.5 Å². The summed E-state index contributed by atoms with van der Waals surface area (Å²) >= 11 is 0. The lowest BCUT2D eigenvalue weighted by Crippen LogP contribution is -2.40. The molecule has 0 radical (unpaired) electrons. The number of aryl methyl sites for hydroxylation is 2. The van der Waals surface area contributed by atoms with Crippen LogP contribution in [0.15, 0.2) is 16.9 Å². The molecule has 2 aromatic rings. The van der Waals surface area contributed by atoms with E-state index in [-0.39, 0.29) is 17.4 Å². The SMILES string of the molecule is Cc1nc([C@H]2CCCN(C(=O)c3ccc(=O)n(C)n3)C2)nc2c1CCCN2C. The summed E-state index contributed by atoms with van der Waals surface area (Å²) < 4.78 is 1.19. The van der Waals surface area contributed by atoms with Gasteiger partial charge in [-0.15, -0.1) is 0 Å². The van der Waals surface area contributed by atoms with Crippen LogP contribution in [0.1, 0.15) is 52.8 Å². The van der Waals surface area contributed by atoms with Gasteiger partial charge in [-0.25, -0.2) is 14.6 Å². The van der Waals surface area contributed by atoms with E-state index in [2.05, 4.69) is 24.0 Å². The van der Waals surface area contributed by atoms with Gasteiger partial charge in [0, 0.05) is 57.0 Å². The van der Waals surface area contributed by atoms with Crippen molar-refractivity contribution in [1.82, 2.24) is 24.6 Å². The highest BCUT2D eigenvalue weighted by Crippen LogP contribution is 2.31. The fourth-order valence-electron chi connectivity index (χ4n) is 4.14. The predicted molar refractivity (Wildman–Crippen MR) is 106 cm³/mol. The summed E-state index contributed by atoms with van der Waals surface area (Å²) in [5.41, 5.74) is 2.37. The van der Waals surface area contributed by atoms with E-state index >= 15 is 0 Å². The molecule has 0 spiro atoms. The molecule has 2 aliphatic heterocycles. The van der Waals surface area contributed by atoms with E-state index in [4.69, 9.17) is 9.97 Å². The molecule has 0 aliphatic carbocycles. The van der Waals surface area contributed by atoms with Gasteiger partial charge in [-0.05, 0) is 38.7 Å². The molecule has 148 valence electrons. The molecule has 2 aromatic heterocycles. The normalized spacial score (nSPS) is 19.5. The van der Waals surface area contributed by atoms with Crippen LogP contribution in [-0.2, 0) is 13.5 Å². The fourth-order valence-corrected chi connectivity index (χ4v) is 4.14. The van der Waals surface area contributed by atoms with E-state index in [1.807, 2.05) is 4.90 Å². The molecule has 4 rings (SSSR count). The van der Waals surface area contributed by atoms with Crippen LogP contribution >= 0.6 is 0 Å². The van der Waals surface area contributed by atoms with Crippen LogP contribution in [0.4, 0.5) is 5.82 Å². The largest absolute Gasteiger partial charge is 0.359 e. The zero-order valence-corrected chi connectivity index (χ0v) is 16.7. The molecule has 8 heteroatoms. The Labute approximate surface area is 164 Å². The number of carbonyl (C=O) groups is 1. The van der Waals surface area contributed by atoms with Crippen molar-refractivity contribution in [1.29, 1.82) is 0 Å². The quantitative estimate of drug-likeness (QED) is 0.778. The molecule has 4 heterocycles. The molecule has 0 N–H and O–H groups in total. The maximum Gasteiger partial charge on any atom is 0.274 e. The first kappa shape index (κ1) is 18.6. The van der Waals surface area contributed by atoms with Crippen LogP contribution in [0, 0.1) is 6.92 Å². The first-order chi connectivity index (χ1) is 13.4.